The van der Waals surface area contributed by atoms with E-state index in [4.69, 9.17) is 0 Å². The normalized spacial score (nSPS) is 20.6. The van der Waals surface area contributed by atoms with Gasteiger partial charge in [-0.25, -0.2) is 0 Å². The lowest BCUT2D eigenvalue weighted by molar-refractivity contribution is -0.141. The molecule has 6 heteroatoms. The van der Waals surface area contributed by atoms with E-state index < -0.39 is 0 Å². The molecule has 1 atom stereocenters. The van der Waals surface area contributed by atoms with Crippen LogP contribution in [0, 0.1) is 12.8 Å². The zero-order valence-corrected chi connectivity index (χ0v) is 15.4. The molecule has 0 spiro atoms. The first-order valence-electron chi connectivity index (χ1n) is 8.44. The highest BCUT2D eigenvalue weighted by atomic mass is 32.2. The highest BCUT2D eigenvalue weighted by Crippen LogP contribution is 2.32. The lowest BCUT2D eigenvalue weighted by Crippen LogP contribution is -2.47. The third-order valence-corrected chi connectivity index (χ3v) is 5.88. The van der Waals surface area contributed by atoms with Crippen LogP contribution in [-0.2, 0) is 9.59 Å². The molecular formula is C18H25N3O2S. The van der Waals surface area contributed by atoms with E-state index >= 15 is 0 Å². The maximum atomic E-state index is 12.7. The molecule has 1 heterocycles. The number of benzene rings is 1. The highest BCUT2D eigenvalue weighted by Gasteiger charge is 2.39. The Morgan fingerprint density at radius 1 is 1.29 bits per heavy atom. The van der Waals surface area contributed by atoms with Gasteiger partial charge in [0.15, 0.2) is 0 Å². The molecular weight excluding hydrogens is 322 g/mol. The van der Waals surface area contributed by atoms with Gasteiger partial charge in [0.1, 0.15) is 6.04 Å². The zero-order valence-electron chi connectivity index (χ0n) is 14.5. The number of hydrogen-bond donors (Lipinski definition) is 1. The first-order valence-corrected chi connectivity index (χ1v) is 9.60. The van der Waals surface area contributed by atoms with Gasteiger partial charge in [-0.3, -0.25) is 9.59 Å². The van der Waals surface area contributed by atoms with Gasteiger partial charge in [0.2, 0.25) is 11.8 Å². The average molecular weight is 347 g/mol. The van der Waals surface area contributed by atoms with E-state index in [2.05, 4.69) is 5.32 Å². The van der Waals surface area contributed by atoms with Crippen LogP contribution in [0.4, 0.5) is 11.4 Å². The molecule has 1 aliphatic heterocycles. The number of thioether (sulfide) groups is 1. The van der Waals surface area contributed by atoms with E-state index in [0.29, 0.717) is 11.6 Å². The minimum absolute atomic E-state index is 0.0790. The molecule has 1 aromatic carbocycles. The largest absolute Gasteiger partial charge is 0.377 e. The SMILES string of the molecule is Cc1cc(NC(=O)[C@H]2CSCN2C(=O)C2CCC2)ccc1N(C)C. The third kappa shape index (κ3) is 3.38. The number of nitrogens with zero attached hydrogens (tertiary/aromatic N) is 2. The van der Waals surface area contributed by atoms with Crippen LogP contribution in [0.15, 0.2) is 18.2 Å². The standard InChI is InChI=1S/C18H25N3O2S/c1-12-9-14(7-8-15(12)20(2)3)19-17(22)16-10-24-11-21(16)18(23)13-5-4-6-13/h7-9,13,16H,4-6,10-11H2,1-3H3,(H,19,22)/t16-/m1/s1. The first-order chi connectivity index (χ1) is 11.5. The lowest BCUT2D eigenvalue weighted by Gasteiger charge is -2.31. The summed E-state index contributed by atoms with van der Waals surface area (Å²) in [5.74, 6) is 1.53. The predicted molar refractivity (Wildman–Crippen MR) is 99.4 cm³/mol. The Balaban J connectivity index is 1.67. The molecule has 0 aromatic heterocycles. The van der Waals surface area contributed by atoms with Gasteiger partial charge in [0, 0.05) is 37.1 Å². The molecule has 0 radical (unpaired) electrons. The molecule has 1 aliphatic carbocycles. The van der Waals surface area contributed by atoms with Crippen LogP contribution in [0.3, 0.4) is 0 Å². The number of carbonyl (C=O) groups is 2. The van der Waals surface area contributed by atoms with Crippen molar-refractivity contribution < 1.29 is 9.59 Å². The van der Waals surface area contributed by atoms with Gasteiger partial charge in [-0.15, -0.1) is 11.8 Å². The van der Waals surface area contributed by atoms with E-state index in [1.807, 2.05) is 44.1 Å². The van der Waals surface area contributed by atoms with Crippen molar-refractivity contribution in [3.05, 3.63) is 23.8 Å². The smallest absolute Gasteiger partial charge is 0.248 e. The van der Waals surface area contributed by atoms with Crippen LogP contribution in [0.25, 0.3) is 0 Å². The summed E-state index contributed by atoms with van der Waals surface area (Å²) in [7, 11) is 4.00. The van der Waals surface area contributed by atoms with Crippen LogP contribution in [0.2, 0.25) is 0 Å². The summed E-state index contributed by atoms with van der Waals surface area (Å²) in [5, 5.41) is 2.99. The minimum Gasteiger partial charge on any atom is -0.377 e. The van der Waals surface area contributed by atoms with Gasteiger partial charge in [-0.1, -0.05) is 6.42 Å². The number of rotatable bonds is 4. The van der Waals surface area contributed by atoms with Crippen molar-refractivity contribution in [1.29, 1.82) is 0 Å². The van der Waals surface area contributed by atoms with Crippen molar-refractivity contribution in [1.82, 2.24) is 4.90 Å². The summed E-state index contributed by atoms with van der Waals surface area (Å²) in [6, 6.07) is 5.55. The molecule has 1 saturated carbocycles. The predicted octanol–water partition coefficient (Wildman–Crippen LogP) is 2.70. The average Bonchev–Trinajstić information content (AvgIpc) is 2.94. The maximum absolute atomic E-state index is 12.7. The monoisotopic (exact) mass is 347 g/mol. The van der Waals surface area contributed by atoms with Crippen molar-refractivity contribution in [3.8, 4) is 0 Å². The number of anilines is 2. The van der Waals surface area contributed by atoms with Gasteiger partial charge < -0.3 is 15.1 Å². The van der Waals surface area contributed by atoms with Crippen LogP contribution in [0.1, 0.15) is 24.8 Å². The van der Waals surface area contributed by atoms with Gasteiger partial charge in [-0.05, 0) is 43.5 Å². The fraction of sp³-hybridized carbons (Fsp3) is 0.556. The molecule has 5 nitrogen and oxygen atoms in total. The van der Waals surface area contributed by atoms with Crippen molar-refractivity contribution in [2.24, 2.45) is 5.92 Å². The topological polar surface area (TPSA) is 52.7 Å². The molecule has 130 valence electrons. The van der Waals surface area contributed by atoms with E-state index in [0.717, 1.165) is 36.2 Å². The van der Waals surface area contributed by atoms with E-state index in [1.54, 1.807) is 16.7 Å². The first kappa shape index (κ1) is 17.1. The molecule has 1 N–H and O–H groups in total. The van der Waals surface area contributed by atoms with E-state index in [9.17, 15) is 9.59 Å². The van der Waals surface area contributed by atoms with Crippen molar-refractivity contribution in [2.45, 2.75) is 32.2 Å². The Morgan fingerprint density at radius 2 is 2.04 bits per heavy atom. The summed E-state index contributed by atoms with van der Waals surface area (Å²) in [6.45, 7) is 2.03. The van der Waals surface area contributed by atoms with Crippen LogP contribution in [-0.4, -0.2) is 48.5 Å². The Morgan fingerprint density at radius 3 is 2.62 bits per heavy atom. The number of hydrogen-bond acceptors (Lipinski definition) is 4. The Labute approximate surface area is 147 Å². The molecule has 2 amide bonds. The lowest BCUT2D eigenvalue weighted by atomic mass is 9.84. The Hall–Kier alpha value is -1.69. The number of nitrogens with one attached hydrogen (secondary N) is 1. The molecule has 3 rings (SSSR count). The van der Waals surface area contributed by atoms with E-state index in [-0.39, 0.29) is 23.8 Å². The third-order valence-electron chi connectivity index (χ3n) is 4.87. The second-order valence-electron chi connectivity index (χ2n) is 6.84. The van der Waals surface area contributed by atoms with Crippen molar-refractivity contribution in [2.75, 3.05) is 35.9 Å². The van der Waals surface area contributed by atoms with Crippen molar-refractivity contribution >= 4 is 35.0 Å². The quantitative estimate of drug-likeness (QED) is 0.910. The Bertz CT molecular complexity index is 643. The van der Waals surface area contributed by atoms with Crippen molar-refractivity contribution in [3.63, 3.8) is 0 Å². The molecule has 1 saturated heterocycles. The molecule has 2 fully saturated rings. The highest BCUT2D eigenvalue weighted by molar-refractivity contribution is 7.99. The van der Waals surface area contributed by atoms with Gasteiger partial charge in [0.25, 0.3) is 0 Å². The van der Waals surface area contributed by atoms with Crippen LogP contribution in [0.5, 0.6) is 0 Å². The van der Waals surface area contributed by atoms with Gasteiger partial charge >= 0.3 is 0 Å². The number of carbonyl (C=O) groups excluding carboxylic acids is 2. The molecule has 0 bridgehead atoms. The van der Waals surface area contributed by atoms with Gasteiger partial charge in [0.05, 0.1) is 5.88 Å². The maximum Gasteiger partial charge on any atom is 0.248 e. The van der Waals surface area contributed by atoms with Crippen LogP contribution >= 0.6 is 11.8 Å². The summed E-state index contributed by atoms with van der Waals surface area (Å²) in [5.41, 5.74) is 3.03. The fourth-order valence-electron chi connectivity index (χ4n) is 3.23. The summed E-state index contributed by atoms with van der Waals surface area (Å²) in [4.78, 5) is 29.0. The second-order valence-corrected chi connectivity index (χ2v) is 7.84. The number of aryl methyl sites for hydroxylation is 1. The van der Waals surface area contributed by atoms with Crippen LogP contribution < -0.4 is 10.2 Å². The summed E-state index contributed by atoms with van der Waals surface area (Å²) in [6.07, 6.45) is 3.07. The van der Waals surface area contributed by atoms with Gasteiger partial charge in [-0.2, -0.15) is 0 Å². The zero-order chi connectivity index (χ0) is 17.3. The summed E-state index contributed by atoms with van der Waals surface area (Å²) >= 11 is 1.66. The second kappa shape index (κ2) is 7.05. The molecule has 1 aromatic rings. The molecule has 2 aliphatic rings. The number of amides is 2. The molecule has 0 unspecified atom stereocenters. The Kier molecular flexibility index (Phi) is 5.04. The van der Waals surface area contributed by atoms with E-state index in [1.165, 1.54) is 0 Å². The minimum atomic E-state index is -0.350. The fourth-order valence-corrected chi connectivity index (χ4v) is 4.39. The molecule has 24 heavy (non-hydrogen) atoms. The summed E-state index contributed by atoms with van der Waals surface area (Å²) < 4.78 is 0.